The zero-order chi connectivity index (χ0) is 18.9. The van der Waals surface area contributed by atoms with Crippen molar-refractivity contribution in [3.05, 3.63) is 59.4 Å². The van der Waals surface area contributed by atoms with Crippen molar-refractivity contribution in [2.45, 2.75) is 40.0 Å². The van der Waals surface area contributed by atoms with Gasteiger partial charge in [0.05, 0.1) is 0 Å². The largest absolute Gasteiger partial charge is 0.337 e. The molecule has 1 aromatic heterocycles. The van der Waals surface area contributed by atoms with Crippen LogP contribution in [0.25, 0.3) is 0 Å². The Bertz CT molecular complexity index is 752. The number of hydrogen-bond acceptors (Lipinski definition) is 3. The lowest BCUT2D eigenvalue weighted by Crippen LogP contribution is -2.33. The SMILES string of the molecule is CCCN(CCC)C(=O)c1cccc(C(=O)Nc2ccccc2CC)n1. The molecule has 2 aromatic rings. The van der Waals surface area contributed by atoms with Crippen LogP contribution in [0.1, 0.15) is 60.2 Å². The molecule has 26 heavy (non-hydrogen) atoms. The van der Waals surface area contributed by atoms with Gasteiger partial charge in [0.2, 0.25) is 0 Å². The Morgan fingerprint density at radius 3 is 2.23 bits per heavy atom. The molecule has 2 amide bonds. The van der Waals surface area contributed by atoms with Crippen LogP contribution < -0.4 is 5.32 Å². The lowest BCUT2D eigenvalue weighted by molar-refractivity contribution is 0.0749. The highest BCUT2D eigenvalue weighted by Crippen LogP contribution is 2.16. The number of nitrogens with one attached hydrogen (secondary N) is 1. The predicted molar refractivity (Wildman–Crippen MR) is 104 cm³/mol. The number of para-hydroxylation sites is 1. The summed E-state index contributed by atoms with van der Waals surface area (Å²) in [5, 5.41) is 2.90. The summed E-state index contributed by atoms with van der Waals surface area (Å²) >= 11 is 0. The minimum absolute atomic E-state index is 0.127. The molecule has 138 valence electrons. The standard InChI is InChI=1S/C21H27N3O2/c1-4-14-24(15-5-2)21(26)19-13-9-12-18(22-19)20(25)23-17-11-8-7-10-16(17)6-3/h7-13H,4-6,14-15H2,1-3H3,(H,23,25). The van der Waals surface area contributed by atoms with Gasteiger partial charge in [0.1, 0.15) is 11.4 Å². The van der Waals surface area contributed by atoms with Crippen LogP contribution in [0.2, 0.25) is 0 Å². The number of aromatic nitrogens is 1. The average molecular weight is 353 g/mol. The number of amides is 2. The van der Waals surface area contributed by atoms with Gasteiger partial charge in [-0.15, -0.1) is 0 Å². The van der Waals surface area contributed by atoms with E-state index in [4.69, 9.17) is 0 Å². The Morgan fingerprint density at radius 1 is 0.923 bits per heavy atom. The molecule has 0 aliphatic carbocycles. The zero-order valence-corrected chi connectivity index (χ0v) is 15.8. The maximum absolute atomic E-state index is 12.7. The van der Waals surface area contributed by atoms with Crippen LogP contribution in [0.4, 0.5) is 5.69 Å². The summed E-state index contributed by atoms with van der Waals surface area (Å²) in [6, 6.07) is 12.7. The van der Waals surface area contributed by atoms with Gasteiger partial charge in [-0.05, 0) is 43.0 Å². The van der Waals surface area contributed by atoms with Crippen LogP contribution >= 0.6 is 0 Å². The van der Waals surface area contributed by atoms with Gasteiger partial charge < -0.3 is 10.2 Å². The van der Waals surface area contributed by atoms with E-state index in [-0.39, 0.29) is 17.5 Å². The summed E-state index contributed by atoms with van der Waals surface area (Å²) in [4.78, 5) is 31.4. The van der Waals surface area contributed by atoms with E-state index in [0.717, 1.165) is 30.5 Å². The second-order valence-electron chi connectivity index (χ2n) is 6.17. The first kappa shape index (κ1) is 19.6. The van der Waals surface area contributed by atoms with Crippen LogP contribution in [0.3, 0.4) is 0 Å². The Kier molecular flexibility index (Phi) is 7.33. The quantitative estimate of drug-likeness (QED) is 0.775. The first-order chi connectivity index (χ1) is 12.6. The van der Waals surface area contributed by atoms with Crippen LogP contribution in [0.15, 0.2) is 42.5 Å². The molecule has 0 saturated heterocycles. The molecule has 5 heteroatoms. The molecular weight excluding hydrogens is 326 g/mol. The summed E-state index contributed by atoms with van der Waals surface area (Å²) in [5.74, 6) is -0.435. The minimum atomic E-state index is -0.307. The molecule has 0 fully saturated rings. The smallest absolute Gasteiger partial charge is 0.274 e. The second-order valence-corrected chi connectivity index (χ2v) is 6.17. The molecule has 0 bridgehead atoms. The van der Waals surface area contributed by atoms with Crippen molar-refractivity contribution in [1.29, 1.82) is 0 Å². The number of pyridine rings is 1. The Hall–Kier alpha value is -2.69. The second kappa shape index (κ2) is 9.70. The number of anilines is 1. The molecule has 5 nitrogen and oxygen atoms in total. The van der Waals surface area contributed by atoms with E-state index >= 15 is 0 Å². The van der Waals surface area contributed by atoms with E-state index < -0.39 is 0 Å². The fourth-order valence-electron chi connectivity index (χ4n) is 2.83. The van der Waals surface area contributed by atoms with Crippen molar-refractivity contribution in [1.82, 2.24) is 9.88 Å². The molecule has 0 spiro atoms. The maximum Gasteiger partial charge on any atom is 0.274 e. The van der Waals surface area contributed by atoms with Gasteiger partial charge in [-0.1, -0.05) is 45.0 Å². The van der Waals surface area contributed by atoms with Crippen molar-refractivity contribution in [3.63, 3.8) is 0 Å². The number of benzene rings is 1. The van der Waals surface area contributed by atoms with Gasteiger partial charge in [-0.25, -0.2) is 4.98 Å². The van der Waals surface area contributed by atoms with Gasteiger partial charge in [0.15, 0.2) is 0 Å². The molecule has 0 saturated carbocycles. The van der Waals surface area contributed by atoms with Gasteiger partial charge in [0.25, 0.3) is 11.8 Å². The van der Waals surface area contributed by atoms with Gasteiger partial charge in [0, 0.05) is 18.8 Å². The van der Waals surface area contributed by atoms with Gasteiger partial charge >= 0.3 is 0 Å². The summed E-state index contributed by atoms with van der Waals surface area (Å²) in [6.45, 7) is 7.50. The third kappa shape index (κ3) is 4.91. The molecule has 0 aliphatic heterocycles. The molecule has 0 radical (unpaired) electrons. The van der Waals surface area contributed by atoms with E-state index in [1.165, 1.54) is 0 Å². The van der Waals surface area contributed by atoms with Crippen molar-refractivity contribution in [2.75, 3.05) is 18.4 Å². The van der Waals surface area contributed by atoms with E-state index in [9.17, 15) is 9.59 Å². The predicted octanol–water partition coefficient (Wildman–Crippen LogP) is 4.16. The lowest BCUT2D eigenvalue weighted by atomic mass is 10.1. The van der Waals surface area contributed by atoms with Gasteiger partial charge in [-0.2, -0.15) is 0 Å². The third-order valence-electron chi connectivity index (χ3n) is 4.12. The maximum atomic E-state index is 12.7. The van der Waals surface area contributed by atoms with E-state index in [1.807, 2.05) is 45.0 Å². The molecule has 1 N–H and O–H groups in total. The molecule has 0 aliphatic rings. The Labute approximate surface area is 155 Å². The number of rotatable bonds is 8. The highest BCUT2D eigenvalue weighted by Gasteiger charge is 2.18. The number of nitrogens with zero attached hydrogens (tertiary/aromatic N) is 2. The van der Waals surface area contributed by atoms with Crippen molar-refractivity contribution < 1.29 is 9.59 Å². The van der Waals surface area contributed by atoms with Crippen LogP contribution in [-0.4, -0.2) is 34.8 Å². The van der Waals surface area contributed by atoms with Crippen LogP contribution in [0, 0.1) is 0 Å². The van der Waals surface area contributed by atoms with Gasteiger partial charge in [-0.3, -0.25) is 9.59 Å². The molecular formula is C21H27N3O2. The summed E-state index contributed by atoms with van der Waals surface area (Å²) in [7, 11) is 0. The number of aryl methyl sites for hydroxylation is 1. The lowest BCUT2D eigenvalue weighted by Gasteiger charge is -2.21. The Morgan fingerprint density at radius 2 is 1.58 bits per heavy atom. The van der Waals surface area contributed by atoms with E-state index in [1.54, 1.807) is 23.1 Å². The topological polar surface area (TPSA) is 62.3 Å². The molecule has 1 heterocycles. The summed E-state index contributed by atoms with van der Waals surface area (Å²) in [6.07, 6.45) is 2.60. The molecule has 0 atom stereocenters. The fraction of sp³-hybridized carbons (Fsp3) is 0.381. The zero-order valence-electron chi connectivity index (χ0n) is 15.8. The van der Waals surface area contributed by atoms with Crippen molar-refractivity contribution in [3.8, 4) is 0 Å². The highest BCUT2D eigenvalue weighted by atomic mass is 16.2. The van der Waals surface area contributed by atoms with E-state index in [0.29, 0.717) is 18.8 Å². The summed E-state index contributed by atoms with van der Waals surface area (Å²) < 4.78 is 0. The van der Waals surface area contributed by atoms with E-state index in [2.05, 4.69) is 10.3 Å². The number of hydrogen-bond donors (Lipinski definition) is 1. The summed E-state index contributed by atoms with van der Waals surface area (Å²) in [5.41, 5.74) is 2.39. The normalized spacial score (nSPS) is 10.4. The first-order valence-corrected chi connectivity index (χ1v) is 9.26. The molecule has 1 aromatic carbocycles. The minimum Gasteiger partial charge on any atom is -0.337 e. The molecule has 2 rings (SSSR count). The highest BCUT2D eigenvalue weighted by molar-refractivity contribution is 6.04. The third-order valence-corrected chi connectivity index (χ3v) is 4.12. The number of carbonyl (C=O) groups is 2. The fourth-order valence-corrected chi connectivity index (χ4v) is 2.83. The van der Waals surface area contributed by atoms with Crippen molar-refractivity contribution >= 4 is 17.5 Å². The van der Waals surface area contributed by atoms with Crippen LogP contribution in [0.5, 0.6) is 0 Å². The van der Waals surface area contributed by atoms with Crippen LogP contribution in [-0.2, 0) is 6.42 Å². The van der Waals surface area contributed by atoms with Crippen molar-refractivity contribution in [2.24, 2.45) is 0 Å². The first-order valence-electron chi connectivity index (χ1n) is 9.26. The Balaban J connectivity index is 2.19. The average Bonchev–Trinajstić information content (AvgIpc) is 2.67. The molecule has 0 unspecified atom stereocenters. The monoisotopic (exact) mass is 353 g/mol. The number of carbonyl (C=O) groups excluding carboxylic acids is 2.